The molecule has 0 aromatic heterocycles. The second-order valence-electron chi connectivity index (χ2n) is 3.78. The van der Waals surface area contributed by atoms with E-state index in [1.165, 1.54) is 0 Å². The predicted octanol–water partition coefficient (Wildman–Crippen LogP) is 0.923. The standard InChI is InChI=1S/C9H17NO2/c1-6(2)8-5-7(9(10)11)3-4-12-8/h6-8H,3-5H2,1-2H3,(H2,10,11). The molecule has 0 bridgehead atoms. The van der Waals surface area contributed by atoms with Crippen LogP contribution in [0.3, 0.4) is 0 Å². The number of nitrogens with two attached hydrogens (primary N) is 1. The number of carbonyl (C=O) groups excluding carboxylic acids is 1. The van der Waals surface area contributed by atoms with Gasteiger partial charge >= 0.3 is 0 Å². The van der Waals surface area contributed by atoms with Crippen molar-refractivity contribution in [2.24, 2.45) is 17.6 Å². The van der Waals surface area contributed by atoms with Gasteiger partial charge in [-0.05, 0) is 18.8 Å². The lowest BCUT2D eigenvalue weighted by atomic mass is 9.90. The van der Waals surface area contributed by atoms with Gasteiger partial charge in [-0.3, -0.25) is 4.79 Å². The number of carbonyl (C=O) groups is 1. The fourth-order valence-electron chi connectivity index (χ4n) is 1.55. The van der Waals surface area contributed by atoms with Crippen molar-refractivity contribution < 1.29 is 9.53 Å². The Kier molecular flexibility index (Phi) is 3.09. The minimum Gasteiger partial charge on any atom is -0.378 e. The number of rotatable bonds is 2. The molecule has 2 atom stereocenters. The highest BCUT2D eigenvalue weighted by molar-refractivity contribution is 5.76. The Balaban J connectivity index is 2.46. The van der Waals surface area contributed by atoms with Crippen molar-refractivity contribution in [1.82, 2.24) is 0 Å². The lowest BCUT2D eigenvalue weighted by Gasteiger charge is -2.30. The second-order valence-corrected chi connectivity index (χ2v) is 3.78. The van der Waals surface area contributed by atoms with Crippen LogP contribution >= 0.6 is 0 Å². The lowest BCUT2D eigenvalue weighted by Crippen LogP contribution is -2.36. The Labute approximate surface area is 73.3 Å². The molecular weight excluding hydrogens is 154 g/mol. The molecule has 1 fully saturated rings. The Morgan fingerprint density at radius 3 is 2.75 bits per heavy atom. The van der Waals surface area contributed by atoms with Crippen molar-refractivity contribution in [3.05, 3.63) is 0 Å². The molecule has 0 spiro atoms. The van der Waals surface area contributed by atoms with Gasteiger partial charge in [0.05, 0.1) is 6.10 Å². The highest BCUT2D eigenvalue weighted by Crippen LogP contribution is 2.24. The van der Waals surface area contributed by atoms with Crippen LogP contribution < -0.4 is 5.73 Å². The summed E-state index contributed by atoms with van der Waals surface area (Å²) in [4.78, 5) is 10.9. The first-order valence-electron chi connectivity index (χ1n) is 4.52. The molecule has 1 aliphatic heterocycles. The third-order valence-corrected chi connectivity index (χ3v) is 2.46. The van der Waals surface area contributed by atoms with Crippen LogP contribution in [0, 0.1) is 11.8 Å². The van der Waals surface area contributed by atoms with E-state index in [0.29, 0.717) is 12.5 Å². The van der Waals surface area contributed by atoms with Crippen LogP contribution in [0.1, 0.15) is 26.7 Å². The van der Waals surface area contributed by atoms with Crippen LogP contribution in [0.5, 0.6) is 0 Å². The van der Waals surface area contributed by atoms with E-state index in [2.05, 4.69) is 13.8 Å². The van der Waals surface area contributed by atoms with Crippen molar-refractivity contribution in [1.29, 1.82) is 0 Å². The van der Waals surface area contributed by atoms with E-state index >= 15 is 0 Å². The van der Waals surface area contributed by atoms with E-state index in [1.54, 1.807) is 0 Å². The molecule has 3 heteroatoms. The zero-order valence-corrected chi connectivity index (χ0v) is 7.75. The largest absolute Gasteiger partial charge is 0.378 e. The van der Waals surface area contributed by atoms with Gasteiger partial charge in [-0.2, -0.15) is 0 Å². The maximum atomic E-state index is 10.9. The second kappa shape index (κ2) is 3.90. The SMILES string of the molecule is CC(C)C1CC(C(N)=O)CCO1. The van der Waals surface area contributed by atoms with Crippen LogP contribution in [-0.2, 0) is 9.53 Å². The van der Waals surface area contributed by atoms with Gasteiger partial charge in [0.1, 0.15) is 0 Å². The van der Waals surface area contributed by atoms with Gasteiger partial charge in [-0.25, -0.2) is 0 Å². The average molecular weight is 171 g/mol. The molecule has 3 nitrogen and oxygen atoms in total. The van der Waals surface area contributed by atoms with Gasteiger partial charge in [0.15, 0.2) is 0 Å². The summed E-state index contributed by atoms with van der Waals surface area (Å²) in [5.74, 6) is 0.335. The van der Waals surface area contributed by atoms with E-state index < -0.39 is 0 Å². The normalized spacial score (nSPS) is 30.6. The van der Waals surface area contributed by atoms with E-state index in [1.807, 2.05) is 0 Å². The number of primary amides is 1. The first kappa shape index (κ1) is 9.52. The van der Waals surface area contributed by atoms with Gasteiger partial charge in [-0.1, -0.05) is 13.8 Å². The molecule has 0 radical (unpaired) electrons. The monoisotopic (exact) mass is 171 g/mol. The van der Waals surface area contributed by atoms with Gasteiger partial charge < -0.3 is 10.5 Å². The topological polar surface area (TPSA) is 52.3 Å². The zero-order valence-electron chi connectivity index (χ0n) is 7.75. The summed E-state index contributed by atoms with van der Waals surface area (Å²) in [6, 6.07) is 0. The third kappa shape index (κ3) is 2.21. The molecule has 0 aromatic carbocycles. The summed E-state index contributed by atoms with van der Waals surface area (Å²) in [7, 11) is 0. The third-order valence-electron chi connectivity index (χ3n) is 2.46. The summed E-state index contributed by atoms with van der Waals surface area (Å²) < 4.78 is 5.51. The minimum absolute atomic E-state index is 0.0335. The van der Waals surface area contributed by atoms with Crippen LogP contribution in [0.4, 0.5) is 0 Å². The summed E-state index contributed by atoms with van der Waals surface area (Å²) in [6.07, 6.45) is 1.81. The van der Waals surface area contributed by atoms with Gasteiger partial charge in [0.2, 0.25) is 5.91 Å². The van der Waals surface area contributed by atoms with E-state index in [0.717, 1.165) is 12.8 Å². The Hall–Kier alpha value is -0.570. The smallest absolute Gasteiger partial charge is 0.220 e. The number of hydrogen-bond donors (Lipinski definition) is 1. The van der Waals surface area contributed by atoms with Gasteiger partial charge in [0.25, 0.3) is 0 Å². The van der Waals surface area contributed by atoms with Crippen molar-refractivity contribution in [2.45, 2.75) is 32.8 Å². The molecule has 12 heavy (non-hydrogen) atoms. The summed E-state index contributed by atoms with van der Waals surface area (Å²) >= 11 is 0. The Morgan fingerprint density at radius 1 is 1.58 bits per heavy atom. The van der Waals surface area contributed by atoms with Gasteiger partial charge in [0, 0.05) is 12.5 Å². The van der Waals surface area contributed by atoms with Crippen LogP contribution in [-0.4, -0.2) is 18.6 Å². The first-order chi connectivity index (χ1) is 5.61. The lowest BCUT2D eigenvalue weighted by molar-refractivity contribution is -0.127. The average Bonchev–Trinajstić information content (AvgIpc) is 2.04. The number of hydrogen-bond acceptors (Lipinski definition) is 2. The summed E-state index contributed by atoms with van der Waals surface area (Å²) in [6.45, 7) is 4.89. The molecule has 1 amide bonds. The van der Waals surface area contributed by atoms with Crippen molar-refractivity contribution in [2.75, 3.05) is 6.61 Å². The highest BCUT2D eigenvalue weighted by Gasteiger charge is 2.27. The first-order valence-corrected chi connectivity index (χ1v) is 4.52. The van der Waals surface area contributed by atoms with E-state index in [9.17, 15) is 4.79 Å². The minimum atomic E-state index is -0.177. The molecule has 0 aromatic rings. The highest BCUT2D eigenvalue weighted by atomic mass is 16.5. The molecule has 1 saturated heterocycles. The zero-order chi connectivity index (χ0) is 9.14. The summed E-state index contributed by atoms with van der Waals surface area (Å²) in [5.41, 5.74) is 5.24. The number of ether oxygens (including phenoxy) is 1. The molecular formula is C9H17NO2. The van der Waals surface area contributed by atoms with Gasteiger partial charge in [-0.15, -0.1) is 0 Å². The van der Waals surface area contributed by atoms with Crippen molar-refractivity contribution in [3.8, 4) is 0 Å². The van der Waals surface area contributed by atoms with E-state index in [4.69, 9.17) is 10.5 Å². The van der Waals surface area contributed by atoms with Crippen LogP contribution in [0.25, 0.3) is 0 Å². The number of amides is 1. The molecule has 0 saturated carbocycles. The molecule has 0 aliphatic carbocycles. The fraction of sp³-hybridized carbons (Fsp3) is 0.889. The molecule has 1 aliphatic rings. The van der Waals surface area contributed by atoms with Crippen LogP contribution in [0.2, 0.25) is 0 Å². The molecule has 1 heterocycles. The van der Waals surface area contributed by atoms with E-state index in [-0.39, 0.29) is 17.9 Å². The fourth-order valence-corrected chi connectivity index (χ4v) is 1.55. The van der Waals surface area contributed by atoms with Crippen molar-refractivity contribution in [3.63, 3.8) is 0 Å². The molecule has 70 valence electrons. The summed E-state index contributed by atoms with van der Waals surface area (Å²) in [5, 5.41) is 0. The molecule has 1 rings (SSSR count). The Bertz CT molecular complexity index is 168. The molecule has 2 unspecified atom stereocenters. The van der Waals surface area contributed by atoms with Crippen LogP contribution in [0.15, 0.2) is 0 Å². The maximum Gasteiger partial charge on any atom is 0.220 e. The quantitative estimate of drug-likeness (QED) is 0.671. The van der Waals surface area contributed by atoms with Crippen molar-refractivity contribution >= 4 is 5.91 Å². The molecule has 2 N–H and O–H groups in total. The maximum absolute atomic E-state index is 10.9. The predicted molar refractivity (Wildman–Crippen MR) is 46.5 cm³/mol. The Morgan fingerprint density at radius 2 is 2.25 bits per heavy atom.